The number of aliphatic hydroxyl groups is 1. The minimum Gasteiger partial charge on any atom is -0.484 e. The van der Waals surface area contributed by atoms with Crippen molar-refractivity contribution in [1.82, 2.24) is 20.6 Å². The molecule has 0 unspecified atom stereocenters. The van der Waals surface area contributed by atoms with Crippen LogP contribution >= 0.6 is 11.6 Å². The molecule has 0 saturated heterocycles. The van der Waals surface area contributed by atoms with Crippen LogP contribution in [0.3, 0.4) is 0 Å². The van der Waals surface area contributed by atoms with Crippen molar-refractivity contribution in [3.63, 3.8) is 0 Å². The first-order valence-corrected chi connectivity index (χ1v) is 9.39. The summed E-state index contributed by atoms with van der Waals surface area (Å²) < 4.78 is 23.6. The molecule has 0 aliphatic rings. The van der Waals surface area contributed by atoms with Gasteiger partial charge in [0.15, 0.2) is 19.0 Å². The lowest BCUT2D eigenvalue weighted by molar-refractivity contribution is -0.124. The molecule has 0 radical (unpaired) electrons. The number of ether oxygens (including phenoxy) is 2. The summed E-state index contributed by atoms with van der Waals surface area (Å²) in [5.41, 5.74) is 0. The van der Waals surface area contributed by atoms with E-state index in [2.05, 4.69) is 20.6 Å². The quantitative estimate of drug-likeness (QED) is 0.449. The summed E-state index contributed by atoms with van der Waals surface area (Å²) in [4.78, 5) is 30.9. The second kappa shape index (κ2) is 12.3. The van der Waals surface area contributed by atoms with E-state index in [1.165, 1.54) is 24.5 Å². The van der Waals surface area contributed by atoms with Gasteiger partial charge < -0.3 is 25.2 Å². The second-order valence-electron chi connectivity index (χ2n) is 6.10. The van der Waals surface area contributed by atoms with Gasteiger partial charge in [-0.15, -0.1) is 0 Å². The Labute approximate surface area is 182 Å². The summed E-state index contributed by atoms with van der Waals surface area (Å²) in [5.74, 6) is -1.22. The predicted molar refractivity (Wildman–Crippen MR) is 106 cm³/mol. The Bertz CT molecular complexity index is 938. The second-order valence-corrected chi connectivity index (χ2v) is 6.51. The standard InChI is InChI=1S/C19H19ClFN5O5/c20-15-2-1-13(5-16(15)21)30-11-19(29)26-7-12(27)3-4-23-18(28)10-31-14-8-24-17(6-22)25-9-14/h1-2,5,8-9,12,27H,3-4,7,10-11H2,(H,23,28)(H,26,29)/t12-/m0/s1. The molecule has 2 amide bonds. The maximum atomic E-state index is 13.3. The third-order valence-corrected chi connectivity index (χ3v) is 4.00. The number of rotatable bonds is 11. The number of amides is 2. The average molecular weight is 452 g/mol. The third kappa shape index (κ3) is 8.81. The van der Waals surface area contributed by atoms with Crippen molar-refractivity contribution in [3.05, 3.63) is 47.3 Å². The molecule has 0 bridgehead atoms. The maximum Gasteiger partial charge on any atom is 0.258 e. The first-order chi connectivity index (χ1) is 14.9. The number of hydrogen-bond donors (Lipinski definition) is 3. The van der Waals surface area contributed by atoms with Crippen LogP contribution in [0.2, 0.25) is 5.02 Å². The van der Waals surface area contributed by atoms with Gasteiger partial charge in [0.1, 0.15) is 17.6 Å². The van der Waals surface area contributed by atoms with Crippen LogP contribution in [0.5, 0.6) is 11.5 Å². The number of aromatic nitrogens is 2. The number of nitrogens with one attached hydrogen (secondary N) is 2. The summed E-state index contributed by atoms with van der Waals surface area (Å²) >= 11 is 5.56. The number of nitrogens with zero attached hydrogens (tertiary/aromatic N) is 3. The molecule has 1 aromatic carbocycles. The van der Waals surface area contributed by atoms with Crippen LogP contribution in [-0.4, -0.2) is 59.3 Å². The van der Waals surface area contributed by atoms with Crippen LogP contribution in [0.4, 0.5) is 4.39 Å². The van der Waals surface area contributed by atoms with Crippen LogP contribution in [0, 0.1) is 17.1 Å². The number of aliphatic hydroxyl groups excluding tert-OH is 1. The molecule has 31 heavy (non-hydrogen) atoms. The Morgan fingerprint density at radius 2 is 1.81 bits per heavy atom. The number of nitriles is 1. The van der Waals surface area contributed by atoms with E-state index in [0.717, 1.165) is 6.07 Å². The SMILES string of the molecule is N#Cc1ncc(OCC(=O)NCC[C@H](O)CNC(=O)COc2ccc(Cl)c(F)c2)cn1. The minimum absolute atomic E-state index is 0.0108. The Balaban J connectivity index is 1.56. The highest BCUT2D eigenvalue weighted by Crippen LogP contribution is 2.20. The molecule has 12 heteroatoms. The smallest absolute Gasteiger partial charge is 0.258 e. The van der Waals surface area contributed by atoms with Crippen LogP contribution in [-0.2, 0) is 9.59 Å². The highest BCUT2D eigenvalue weighted by molar-refractivity contribution is 6.30. The van der Waals surface area contributed by atoms with E-state index in [-0.39, 0.29) is 55.1 Å². The normalized spacial score (nSPS) is 11.2. The van der Waals surface area contributed by atoms with E-state index < -0.39 is 23.7 Å². The van der Waals surface area contributed by atoms with Gasteiger partial charge in [-0.3, -0.25) is 9.59 Å². The zero-order valence-corrected chi connectivity index (χ0v) is 16.9. The first-order valence-electron chi connectivity index (χ1n) is 9.01. The molecule has 0 aliphatic heterocycles. The van der Waals surface area contributed by atoms with Crippen molar-refractivity contribution >= 4 is 23.4 Å². The van der Waals surface area contributed by atoms with Crippen molar-refractivity contribution in [2.24, 2.45) is 0 Å². The molecule has 3 N–H and O–H groups in total. The van der Waals surface area contributed by atoms with Gasteiger partial charge in [-0.2, -0.15) is 5.26 Å². The molecule has 0 spiro atoms. The molecule has 0 aliphatic carbocycles. The lowest BCUT2D eigenvalue weighted by Crippen LogP contribution is -2.37. The van der Waals surface area contributed by atoms with E-state index in [4.69, 9.17) is 26.3 Å². The fourth-order valence-electron chi connectivity index (χ4n) is 2.13. The molecule has 10 nitrogen and oxygen atoms in total. The van der Waals surface area contributed by atoms with Crippen LogP contribution in [0.1, 0.15) is 12.2 Å². The summed E-state index contributed by atoms with van der Waals surface area (Å²) in [6.07, 6.45) is 1.84. The summed E-state index contributed by atoms with van der Waals surface area (Å²) in [7, 11) is 0. The average Bonchev–Trinajstić information content (AvgIpc) is 2.77. The van der Waals surface area contributed by atoms with Gasteiger partial charge in [0.2, 0.25) is 5.82 Å². The number of halogens is 2. The highest BCUT2D eigenvalue weighted by Gasteiger charge is 2.10. The number of carbonyl (C=O) groups is 2. The summed E-state index contributed by atoms with van der Waals surface area (Å²) in [5, 5.41) is 23.4. The van der Waals surface area contributed by atoms with Crippen molar-refractivity contribution in [3.8, 4) is 17.6 Å². The van der Waals surface area contributed by atoms with Gasteiger partial charge in [0, 0.05) is 19.2 Å². The lowest BCUT2D eigenvalue weighted by atomic mass is 10.2. The highest BCUT2D eigenvalue weighted by atomic mass is 35.5. The number of carbonyl (C=O) groups excluding carboxylic acids is 2. The van der Waals surface area contributed by atoms with Crippen LogP contribution < -0.4 is 20.1 Å². The lowest BCUT2D eigenvalue weighted by Gasteiger charge is -2.13. The minimum atomic E-state index is -0.898. The van der Waals surface area contributed by atoms with Crippen LogP contribution in [0.15, 0.2) is 30.6 Å². The maximum absolute atomic E-state index is 13.3. The van der Waals surface area contributed by atoms with E-state index in [1.807, 2.05) is 0 Å². The monoisotopic (exact) mass is 451 g/mol. The Morgan fingerprint density at radius 1 is 1.16 bits per heavy atom. The van der Waals surface area contributed by atoms with Crippen molar-refractivity contribution in [1.29, 1.82) is 5.26 Å². The van der Waals surface area contributed by atoms with Crippen molar-refractivity contribution in [2.45, 2.75) is 12.5 Å². The van der Waals surface area contributed by atoms with Gasteiger partial charge in [0.05, 0.1) is 23.5 Å². The first kappa shape index (κ1) is 23.8. The molecule has 0 saturated carbocycles. The van der Waals surface area contributed by atoms with Gasteiger partial charge in [-0.25, -0.2) is 14.4 Å². The fraction of sp³-hybridized carbons (Fsp3) is 0.316. The molecule has 1 heterocycles. The zero-order valence-electron chi connectivity index (χ0n) is 16.2. The molecular weight excluding hydrogens is 433 g/mol. The molecule has 2 aromatic rings. The van der Waals surface area contributed by atoms with Gasteiger partial charge in [0.25, 0.3) is 11.8 Å². The number of benzene rings is 1. The summed E-state index contributed by atoms with van der Waals surface area (Å²) in [6.45, 7) is -0.540. The van der Waals surface area contributed by atoms with Crippen LogP contribution in [0.25, 0.3) is 0 Å². The predicted octanol–water partition coefficient (Wildman–Crippen LogP) is 0.582. The van der Waals surface area contributed by atoms with Crippen molar-refractivity contribution < 1.29 is 28.6 Å². The molecular formula is C19H19ClFN5O5. The Hall–Kier alpha value is -3.49. The molecule has 1 aromatic heterocycles. The molecule has 1 atom stereocenters. The Kier molecular flexibility index (Phi) is 9.41. The van der Waals surface area contributed by atoms with E-state index in [0.29, 0.717) is 0 Å². The third-order valence-electron chi connectivity index (χ3n) is 3.69. The fourth-order valence-corrected chi connectivity index (χ4v) is 2.24. The largest absolute Gasteiger partial charge is 0.484 e. The number of hydrogen-bond acceptors (Lipinski definition) is 8. The zero-order chi connectivity index (χ0) is 22.6. The molecule has 0 fully saturated rings. The Morgan fingerprint density at radius 3 is 2.45 bits per heavy atom. The van der Waals surface area contributed by atoms with E-state index >= 15 is 0 Å². The van der Waals surface area contributed by atoms with E-state index in [1.54, 1.807) is 6.07 Å². The van der Waals surface area contributed by atoms with Gasteiger partial charge in [-0.05, 0) is 18.6 Å². The van der Waals surface area contributed by atoms with E-state index in [9.17, 15) is 19.1 Å². The van der Waals surface area contributed by atoms with Crippen molar-refractivity contribution in [2.75, 3.05) is 26.3 Å². The van der Waals surface area contributed by atoms with Gasteiger partial charge >= 0.3 is 0 Å². The molecule has 2 rings (SSSR count). The molecule has 164 valence electrons. The summed E-state index contributed by atoms with van der Waals surface area (Å²) in [6, 6.07) is 5.56. The van der Waals surface area contributed by atoms with Gasteiger partial charge in [-0.1, -0.05) is 11.6 Å². The topological polar surface area (TPSA) is 146 Å².